The van der Waals surface area contributed by atoms with E-state index in [-0.39, 0.29) is 23.0 Å². The van der Waals surface area contributed by atoms with Gasteiger partial charge >= 0.3 is 0 Å². The normalized spacial score (nSPS) is 19.3. The Labute approximate surface area is 139 Å². The molecule has 2 atom stereocenters. The highest BCUT2D eigenvalue weighted by Gasteiger charge is 2.30. The van der Waals surface area contributed by atoms with Gasteiger partial charge in [0.15, 0.2) is 11.4 Å². The summed E-state index contributed by atoms with van der Waals surface area (Å²) in [5.74, 6) is -1.18. The topological polar surface area (TPSA) is 78.6 Å². The first-order chi connectivity index (χ1) is 11.5. The van der Waals surface area contributed by atoms with Gasteiger partial charge in [0.05, 0.1) is 12.3 Å². The fourth-order valence-electron chi connectivity index (χ4n) is 3.02. The largest absolute Gasteiger partial charge is 0.504 e. The molecule has 1 aliphatic rings. The number of aromatic hydroxyl groups is 1. The molecule has 1 amide bonds. The Kier molecular flexibility index (Phi) is 4.53. The Hall–Kier alpha value is -2.41. The van der Waals surface area contributed by atoms with Crippen molar-refractivity contribution in [3.63, 3.8) is 0 Å². The summed E-state index contributed by atoms with van der Waals surface area (Å²) < 4.78 is 15.0. The maximum atomic E-state index is 13.8. The lowest BCUT2D eigenvalue weighted by atomic mass is 9.93. The number of para-hydroxylation sites is 1. The van der Waals surface area contributed by atoms with Crippen LogP contribution < -0.4 is 0 Å². The summed E-state index contributed by atoms with van der Waals surface area (Å²) in [6.45, 7) is 2.68. The number of likely N-dealkylation sites (tertiary alicyclic amines) is 1. The number of hydrogen-bond donors (Lipinski definition) is 2. The Morgan fingerprint density at radius 2 is 2.17 bits per heavy atom. The maximum absolute atomic E-state index is 13.8. The monoisotopic (exact) mass is 333 g/mol. The van der Waals surface area contributed by atoms with Crippen LogP contribution in [0.5, 0.6) is 5.75 Å². The summed E-state index contributed by atoms with van der Waals surface area (Å²) >= 11 is 0. The zero-order valence-corrected chi connectivity index (χ0v) is 13.4. The molecule has 2 aromatic rings. The second-order valence-corrected chi connectivity index (χ2v) is 6.15. The number of amides is 1. The van der Waals surface area contributed by atoms with Crippen LogP contribution in [0.3, 0.4) is 0 Å². The summed E-state index contributed by atoms with van der Waals surface area (Å²) in [6.07, 6.45) is 2.37. The van der Waals surface area contributed by atoms with Gasteiger partial charge < -0.3 is 15.1 Å². The van der Waals surface area contributed by atoms with E-state index >= 15 is 0 Å². The first-order valence-electron chi connectivity index (χ1n) is 7.98. The van der Waals surface area contributed by atoms with Crippen molar-refractivity contribution in [3.05, 3.63) is 42.0 Å². The van der Waals surface area contributed by atoms with E-state index in [1.54, 1.807) is 24.0 Å². The minimum atomic E-state index is -0.495. The standard InChI is InChI=1S/C17H20FN3O3/c1-11(22)12-5-4-8-20(9-12)17(24)16-15(23)10-21(19-16)14-7-3-2-6-13(14)18/h2-3,6-7,10-12,22-23H,4-5,8-9H2,1H3. The van der Waals surface area contributed by atoms with Gasteiger partial charge in [-0.25, -0.2) is 9.07 Å². The van der Waals surface area contributed by atoms with Crippen LogP contribution in [0.1, 0.15) is 30.3 Å². The SMILES string of the molecule is CC(O)C1CCCN(C(=O)c2nn(-c3ccccc3F)cc2O)C1. The molecule has 2 heterocycles. The highest BCUT2D eigenvalue weighted by molar-refractivity contribution is 5.94. The Morgan fingerprint density at radius 3 is 2.88 bits per heavy atom. The molecule has 1 aromatic carbocycles. The molecular weight excluding hydrogens is 313 g/mol. The van der Waals surface area contributed by atoms with Crippen molar-refractivity contribution >= 4 is 5.91 Å². The van der Waals surface area contributed by atoms with E-state index in [4.69, 9.17) is 0 Å². The fourth-order valence-corrected chi connectivity index (χ4v) is 3.02. The minimum Gasteiger partial charge on any atom is -0.504 e. The summed E-state index contributed by atoms with van der Waals surface area (Å²) in [7, 11) is 0. The van der Waals surface area contributed by atoms with Crippen molar-refractivity contribution in [3.8, 4) is 11.4 Å². The number of aliphatic hydroxyl groups is 1. The molecule has 0 aliphatic carbocycles. The van der Waals surface area contributed by atoms with Gasteiger partial charge in [-0.3, -0.25) is 4.79 Å². The molecule has 2 N–H and O–H groups in total. The van der Waals surface area contributed by atoms with Crippen molar-refractivity contribution in [1.82, 2.24) is 14.7 Å². The number of carbonyl (C=O) groups is 1. The first-order valence-corrected chi connectivity index (χ1v) is 7.98. The molecule has 6 nitrogen and oxygen atoms in total. The van der Waals surface area contributed by atoms with E-state index in [1.807, 2.05) is 0 Å². The number of aromatic nitrogens is 2. The number of aliphatic hydroxyl groups excluding tert-OH is 1. The molecule has 3 rings (SSSR count). The zero-order chi connectivity index (χ0) is 17.3. The van der Waals surface area contributed by atoms with Crippen LogP contribution in [0.4, 0.5) is 4.39 Å². The lowest BCUT2D eigenvalue weighted by Crippen LogP contribution is -2.43. The predicted octanol–water partition coefficient (Wildman–Crippen LogP) is 1.95. The van der Waals surface area contributed by atoms with Gasteiger partial charge in [-0.1, -0.05) is 12.1 Å². The van der Waals surface area contributed by atoms with Crippen molar-refractivity contribution in [2.75, 3.05) is 13.1 Å². The van der Waals surface area contributed by atoms with E-state index in [2.05, 4.69) is 5.10 Å². The van der Waals surface area contributed by atoms with Crippen molar-refractivity contribution < 1.29 is 19.4 Å². The molecule has 1 aromatic heterocycles. The molecule has 1 aliphatic heterocycles. The quantitative estimate of drug-likeness (QED) is 0.900. The van der Waals surface area contributed by atoms with Crippen LogP contribution in [0, 0.1) is 11.7 Å². The van der Waals surface area contributed by atoms with Gasteiger partial charge in [-0.2, -0.15) is 5.10 Å². The lowest BCUT2D eigenvalue weighted by molar-refractivity contribution is 0.0459. The number of nitrogens with zero attached hydrogens (tertiary/aromatic N) is 3. The van der Waals surface area contributed by atoms with Crippen LogP contribution in [0.2, 0.25) is 0 Å². The van der Waals surface area contributed by atoms with Crippen LogP contribution in [0.25, 0.3) is 5.69 Å². The number of halogens is 1. The number of carbonyl (C=O) groups excluding carboxylic acids is 1. The summed E-state index contributed by atoms with van der Waals surface area (Å²) in [5, 5.41) is 23.9. The molecule has 128 valence electrons. The molecule has 2 unspecified atom stereocenters. The fraction of sp³-hybridized carbons (Fsp3) is 0.412. The van der Waals surface area contributed by atoms with Gasteiger partial charge in [0.2, 0.25) is 0 Å². The molecule has 24 heavy (non-hydrogen) atoms. The van der Waals surface area contributed by atoms with Crippen LogP contribution in [-0.2, 0) is 0 Å². The van der Waals surface area contributed by atoms with Gasteiger partial charge in [0, 0.05) is 19.0 Å². The number of rotatable bonds is 3. The maximum Gasteiger partial charge on any atom is 0.278 e. The predicted molar refractivity (Wildman–Crippen MR) is 85.5 cm³/mol. The highest BCUT2D eigenvalue weighted by atomic mass is 19.1. The number of benzene rings is 1. The van der Waals surface area contributed by atoms with Crippen molar-refractivity contribution in [1.29, 1.82) is 0 Å². The number of hydrogen-bond acceptors (Lipinski definition) is 4. The average molecular weight is 333 g/mol. The third kappa shape index (κ3) is 3.12. The molecule has 1 saturated heterocycles. The van der Waals surface area contributed by atoms with E-state index in [0.717, 1.165) is 17.5 Å². The molecule has 0 radical (unpaired) electrons. The molecule has 7 heteroatoms. The Balaban J connectivity index is 1.85. The summed E-state index contributed by atoms with van der Waals surface area (Å²) in [6, 6.07) is 6.00. The second kappa shape index (κ2) is 6.60. The summed E-state index contributed by atoms with van der Waals surface area (Å²) in [4.78, 5) is 14.2. The third-order valence-corrected chi connectivity index (χ3v) is 4.42. The van der Waals surface area contributed by atoms with Gasteiger partial charge in [-0.05, 0) is 31.9 Å². The third-order valence-electron chi connectivity index (χ3n) is 4.42. The van der Waals surface area contributed by atoms with Crippen LogP contribution in [-0.4, -0.2) is 50.0 Å². The molecule has 0 bridgehead atoms. The number of piperidine rings is 1. The van der Waals surface area contributed by atoms with Crippen molar-refractivity contribution in [2.45, 2.75) is 25.9 Å². The molecule has 1 fully saturated rings. The van der Waals surface area contributed by atoms with Gasteiger partial charge in [0.25, 0.3) is 5.91 Å². The van der Waals surface area contributed by atoms with Crippen LogP contribution >= 0.6 is 0 Å². The van der Waals surface area contributed by atoms with Crippen molar-refractivity contribution in [2.24, 2.45) is 5.92 Å². The molecule has 0 saturated carbocycles. The van der Waals surface area contributed by atoms with E-state index in [1.165, 1.54) is 18.3 Å². The molecule has 0 spiro atoms. The van der Waals surface area contributed by atoms with Crippen LogP contribution in [0.15, 0.2) is 30.5 Å². The smallest absolute Gasteiger partial charge is 0.278 e. The van der Waals surface area contributed by atoms with E-state index in [0.29, 0.717) is 13.1 Å². The lowest BCUT2D eigenvalue weighted by Gasteiger charge is -2.33. The Morgan fingerprint density at radius 1 is 1.42 bits per heavy atom. The van der Waals surface area contributed by atoms with Gasteiger partial charge in [-0.15, -0.1) is 0 Å². The minimum absolute atomic E-state index is 0.0125. The van der Waals surface area contributed by atoms with E-state index < -0.39 is 17.8 Å². The highest BCUT2D eigenvalue weighted by Crippen LogP contribution is 2.25. The Bertz CT molecular complexity index is 744. The second-order valence-electron chi connectivity index (χ2n) is 6.15. The van der Waals surface area contributed by atoms with Gasteiger partial charge in [0.1, 0.15) is 11.5 Å². The zero-order valence-electron chi connectivity index (χ0n) is 13.4. The molecular formula is C17H20FN3O3. The first kappa shape index (κ1) is 16.4. The summed E-state index contributed by atoms with van der Waals surface area (Å²) in [5.41, 5.74) is 0.0526. The average Bonchev–Trinajstić information content (AvgIpc) is 2.96. The van der Waals surface area contributed by atoms with E-state index in [9.17, 15) is 19.4 Å².